The van der Waals surface area contributed by atoms with Crippen molar-refractivity contribution in [1.29, 1.82) is 0 Å². The standard InChI is InChI=1S/C16H24BrNO2/c1-12(2)14(11-18-7-8-19-3)9-13-10-15(17)5-6-16(13)20-4/h5-6,9-10,12,18H,7-8,11H2,1-4H3. The van der Waals surface area contributed by atoms with Gasteiger partial charge in [0.2, 0.25) is 0 Å². The molecule has 0 saturated heterocycles. The van der Waals surface area contributed by atoms with Crippen LogP contribution in [0.15, 0.2) is 28.2 Å². The van der Waals surface area contributed by atoms with E-state index in [2.05, 4.69) is 47.2 Å². The predicted molar refractivity (Wildman–Crippen MR) is 88.3 cm³/mol. The maximum atomic E-state index is 5.42. The molecule has 0 fully saturated rings. The molecular weight excluding hydrogens is 318 g/mol. The van der Waals surface area contributed by atoms with E-state index >= 15 is 0 Å². The molecule has 0 aliphatic carbocycles. The Labute approximate surface area is 130 Å². The second-order valence-electron chi connectivity index (χ2n) is 4.93. The van der Waals surface area contributed by atoms with Crippen LogP contribution in [0.3, 0.4) is 0 Å². The molecule has 0 radical (unpaired) electrons. The highest BCUT2D eigenvalue weighted by molar-refractivity contribution is 9.10. The molecule has 0 aliphatic heterocycles. The maximum absolute atomic E-state index is 5.42. The smallest absolute Gasteiger partial charge is 0.126 e. The van der Waals surface area contributed by atoms with Gasteiger partial charge in [-0.05, 0) is 24.1 Å². The van der Waals surface area contributed by atoms with E-state index in [1.807, 2.05) is 12.1 Å². The number of rotatable bonds is 8. The minimum Gasteiger partial charge on any atom is -0.496 e. The zero-order valence-corrected chi connectivity index (χ0v) is 14.3. The molecule has 20 heavy (non-hydrogen) atoms. The number of ether oxygens (including phenoxy) is 2. The Bertz CT molecular complexity index is 444. The fourth-order valence-corrected chi connectivity index (χ4v) is 2.23. The van der Waals surface area contributed by atoms with Crippen molar-refractivity contribution in [3.63, 3.8) is 0 Å². The largest absolute Gasteiger partial charge is 0.496 e. The average Bonchev–Trinajstić information content (AvgIpc) is 2.42. The average molecular weight is 342 g/mol. The van der Waals surface area contributed by atoms with Crippen molar-refractivity contribution in [3.8, 4) is 5.75 Å². The van der Waals surface area contributed by atoms with Gasteiger partial charge in [-0.15, -0.1) is 0 Å². The maximum Gasteiger partial charge on any atom is 0.126 e. The molecule has 0 aromatic heterocycles. The van der Waals surface area contributed by atoms with Crippen LogP contribution in [-0.4, -0.2) is 33.9 Å². The number of hydrogen-bond donors (Lipinski definition) is 1. The lowest BCUT2D eigenvalue weighted by Gasteiger charge is -2.14. The van der Waals surface area contributed by atoms with Crippen LogP contribution >= 0.6 is 15.9 Å². The van der Waals surface area contributed by atoms with E-state index in [9.17, 15) is 0 Å². The van der Waals surface area contributed by atoms with E-state index in [1.165, 1.54) is 5.57 Å². The normalized spacial score (nSPS) is 12.0. The molecule has 0 atom stereocenters. The van der Waals surface area contributed by atoms with Gasteiger partial charge in [0.15, 0.2) is 0 Å². The van der Waals surface area contributed by atoms with Crippen molar-refractivity contribution in [2.75, 3.05) is 33.9 Å². The minimum absolute atomic E-state index is 0.480. The van der Waals surface area contributed by atoms with Crippen LogP contribution in [0.25, 0.3) is 6.08 Å². The lowest BCUT2D eigenvalue weighted by Crippen LogP contribution is -2.23. The van der Waals surface area contributed by atoms with Crippen molar-refractivity contribution in [2.24, 2.45) is 5.92 Å². The Morgan fingerprint density at radius 1 is 1.35 bits per heavy atom. The molecule has 0 unspecified atom stereocenters. The number of benzene rings is 1. The summed E-state index contributed by atoms with van der Waals surface area (Å²) in [5.41, 5.74) is 2.44. The Morgan fingerprint density at radius 3 is 2.70 bits per heavy atom. The van der Waals surface area contributed by atoms with Crippen LogP contribution < -0.4 is 10.1 Å². The first-order valence-electron chi connectivity index (χ1n) is 6.82. The third-order valence-electron chi connectivity index (χ3n) is 3.09. The lowest BCUT2D eigenvalue weighted by molar-refractivity contribution is 0.200. The van der Waals surface area contributed by atoms with E-state index in [4.69, 9.17) is 9.47 Å². The Kier molecular flexibility index (Phi) is 7.88. The topological polar surface area (TPSA) is 30.5 Å². The van der Waals surface area contributed by atoms with Gasteiger partial charge in [0, 0.05) is 30.2 Å². The molecule has 1 aromatic carbocycles. The van der Waals surface area contributed by atoms with Crippen molar-refractivity contribution < 1.29 is 9.47 Å². The molecule has 112 valence electrons. The Hall–Kier alpha value is -0.840. The van der Waals surface area contributed by atoms with Crippen molar-refractivity contribution >= 4 is 22.0 Å². The number of halogens is 1. The molecular formula is C16H24BrNO2. The van der Waals surface area contributed by atoms with E-state index in [1.54, 1.807) is 14.2 Å². The minimum atomic E-state index is 0.480. The van der Waals surface area contributed by atoms with Gasteiger partial charge in [0.1, 0.15) is 5.75 Å². The molecule has 3 nitrogen and oxygen atoms in total. The Morgan fingerprint density at radius 2 is 2.10 bits per heavy atom. The molecule has 0 bridgehead atoms. The van der Waals surface area contributed by atoms with E-state index in [0.717, 1.165) is 35.5 Å². The number of methoxy groups -OCH3 is 2. The molecule has 0 amide bonds. The van der Waals surface area contributed by atoms with Crippen LogP contribution in [0.1, 0.15) is 19.4 Å². The quantitative estimate of drug-likeness (QED) is 0.730. The Balaban J connectivity index is 2.87. The van der Waals surface area contributed by atoms with Gasteiger partial charge in [-0.2, -0.15) is 0 Å². The second-order valence-corrected chi connectivity index (χ2v) is 5.85. The summed E-state index contributed by atoms with van der Waals surface area (Å²) in [7, 11) is 3.42. The summed E-state index contributed by atoms with van der Waals surface area (Å²) in [6, 6.07) is 6.05. The highest BCUT2D eigenvalue weighted by Gasteiger charge is 2.07. The molecule has 0 heterocycles. The van der Waals surface area contributed by atoms with Crippen molar-refractivity contribution in [1.82, 2.24) is 5.32 Å². The summed E-state index contributed by atoms with van der Waals surface area (Å²) < 4.78 is 11.5. The van der Waals surface area contributed by atoms with Crippen LogP contribution in [0.2, 0.25) is 0 Å². The van der Waals surface area contributed by atoms with E-state index in [0.29, 0.717) is 5.92 Å². The highest BCUT2D eigenvalue weighted by Crippen LogP contribution is 2.26. The fraction of sp³-hybridized carbons (Fsp3) is 0.500. The van der Waals surface area contributed by atoms with Gasteiger partial charge in [0.25, 0.3) is 0 Å². The van der Waals surface area contributed by atoms with Crippen molar-refractivity contribution in [2.45, 2.75) is 13.8 Å². The molecule has 0 aliphatic rings. The first-order chi connectivity index (χ1) is 9.58. The van der Waals surface area contributed by atoms with Gasteiger partial charge in [-0.3, -0.25) is 0 Å². The van der Waals surface area contributed by atoms with Crippen LogP contribution in [-0.2, 0) is 4.74 Å². The zero-order valence-electron chi connectivity index (χ0n) is 12.7. The highest BCUT2D eigenvalue weighted by atomic mass is 79.9. The summed E-state index contributed by atoms with van der Waals surface area (Å²) in [4.78, 5) is 0. The summed E-state index contributed by atoms with van der Waals surface area (Å²) in [6.07, 6.45) is 2.20. The second kappa shape index (κ2) is 9.16. The summed E-state index contributed by atoms with van der Waals surface area (Å²) in [6.45, 7) is 6.85. The van der Waals surface area contributed by atoms with Gasteiger partial charge in [0.05, 0.1) is 13.7 Å². The van der Waals surface area contributed by atoms with Gasteiger partial charge in [-0.25, -0.2) is 0 Å². The van der Waals surface area contributed by atoms with E-state index in [-0.39, 0.29) is 0 Å². The summed E-state index contributed by atoms with van der Waals surface area (Å²) in [5.74, 6) is 1.37. The number of hydrogen-bond acceptors (Lipinski definition) is 3. The van der Waals surface area contributed by atoms with E-state index < -0.39 is 0 Å². The zero-order chi connectivity index (χ0) is 15.0. The van der Waals surface area contributed by atoms with Crippen molar-refractivity contribution in [3.05, 3.63) is 33.8 Å². The van der Waals surface area contributed by atoms with Crippen LogP contribution in [0, 0.1) is 5.92 Å². The molecule has 0 saturated carbocycles. The molecule has 1 aromatic rings. The molecule has 4 heteroatoms. The first-order valence-corrected chi connectivity index (χ1v) is 7.61. The third-order valence-corrected chi connectivity index (χ3v) is 3.58. The van der Waals surface area contributed by atoms with Crippen LogP contribution in [0.5, 0.6) is 5.75 Å². The monoisotopic (exact) mass is 341 g/mol. The summed E-state index contributed by atoms with van der Waals surface area (Å²) in [5, 5.41) is 3.39. The lowest BCUT2D eigenvalue weighted by atomic mass is 10.00. The molecule has 1 rings (SSSR count). The van der Waals surface area contributed by atoms with Gasteiger partial charge < -0.3 is 14.8 Å². The molecule has 1 N–H and O–H groups in total. The van der Waals surface area contributed by atoms with Gasteiger partial charge >= 0.3 is 0 Å². The molecule has 0 spiro atoms. The first kappa shape index (κ1) is 17.2. The third kappa shape index (κ3) is 5.65. The van der Waals surface area contributed by atoms with Gasteiger partial charge in [-0.1, -0.05) is 41.4 Å². The SMILES string of the molecule is COCCNCC(=Cc1cc(Br)ccc1OC)C(C)C. The summed E-state index contributed by atoms with van der Waals surface area (Å²) >= 11 is 3.51. The predicted octanol–water partition coefficient (Wildman–Crippen LogP) is 3.73. The fourth-order valence-electron chi connectivity index (χ4n) is 1.85. The number of nitrogens with one attached hydrogen (secondary N) is 1. The van der Waals surface area contributed by atoms with Crippen LogP contribution in [0.4, 0.5) is 0 Å².